The van der Waals surface area contributed by atoms with Crippen LogP contribution in [0, 0.1) is 5.92 Å². The van der Waals surface area contributed by atoms with Crippen molar-refractivity contribution in [3.05, 3.63) is 0 Å². The van der Waals surface area contributed by atoms with Gasteiger partial charge < -0.3 is 0 Å². The molecule has 0 atom stereocenters. The van der Waals surface area contributed by atoms with Gasteiger partial charge in [0, 0.05) is 8.86 Å². The van der Waals surface area contributed by atoms with Gasteiger partial charge in [-0.1, -0.05) is 65.3 Å². The van der Waals surface area contributed by atoms with E-state index in [2.05, 4.69) is 53.1 Å². The molecule has 0 heterocycles. The molecule has 0 aliphatic rings. The summed E-state index contributed by atoms with van der Waals surface area (Å²) >= 11 is 10.8. The number of hydrogen-bond donors (Lipinski definition) is 1. The van der Waals surface area contributed by atoms with E-state index in [0.717, 1.165) is 0 Å². The topological polar surface area (TPSA) is 0 Å². The van der Waals surface area contributed by atoms with Gasteiger partial charge in [-0.05, 0) is 5.92 Å². The maximum atomic E-state index is 5.70. The number of thiol groups is 1. The van der Waals surface area contributed by atoms with Gasteiger partial charge in [0.25, 0.3) is 0 Å². The molecule has 90 valence electrons. The molecule has 0 saturated heterocycles. The summed E-state index contributed by atoms with van der Waals surface area (Å²) in [4.78, 5) is 1.20. The molecule has 0 amide bonds. The molecule has 0 fully saturated rings. The average Bonchev–Trinajstić information content (AvgIpc) is 1.96. The third kappa shape index (κ3) is 2.96. The molecule has 0 radical (unpaired) electrons. The molecule has 0 spiro atoms. The second kappa shape index (κ2) is 4.63. The molecule has 0 aromatic carbocycles. The smallest absolute Gasteiger partial charge is 0.0649 e. The first-order chi connectivity index (χ1) is 6.35. The Hall–Kier alpha value is 0.874. The minimum atomic E-state index is -1.39. The van der Waals surface area contributed by atoms with Crippen LogP contribution < -0.4 is 0 Å². The van der Waals surface area contributed by atoms with E-state index in [-0.39, 0.29) is 3.99 Å². The van der Waals surface area contributed by atoms with E-state index in [4.69, 9.17) is 24.8 Å². The molecule has 0 N–H and O–H groups in total. The molecule has 0 aliphatic heterocycles. The third-order valence-electron chi connectivity index (χ3n) is 3.05. The van der Waals surface area contributed by atoms with E-state index in [1.165, 1.54) is 4.86 Å². The van der Waals surface area contributed by atoms with Crippen LogP contribution >= 0.6 is 24.8 Å². The molecule has 0 nitrogen and oxygen atoms in total. The number of rotatable bonds is 4. The molecule has 15 heavy (non-hydrogen) atoms. The summed E-state index contributed by atoms with van der Waals surface area (Å²) in [6, 6.07) is 0. The fourth-order valence-corrected chi connectivity index (χ4v) is 15.4. The molecular formula is C11H26S2Si2. The summed E-state index contributed by atoms with van der Waals surface area (Å²) in [6.07, 6.45) is 0. The maximum Gasteiger partial charge on any atom is 0.0649 e. The van der Waals surface area contributed by atoms with Gasteiger partial charge in [0.05, 0.1) is 16.1 Å². The van der Waals surface area contributed by atoms with Crippen LogP contribution in [0.3, 0.4) is 0 Å². The molecule has 0 bridgehead atoms. The monoisotopic (exact) mass is 278 g/mol. The molecule has 0 saturated carbocycles. The zero-order valence-corrected chi connectivity index (χ0v) is 15.1. The third-order valence-corrected chi connectivity index (χ3v) is 18.0. The Kier molecular flexibility index (Phi) is 4.90. The van der Waals surface area contributed by atoms with Crippen molar-refractivity contribution in [1.82, 2.24) is 0 Å². The van der Waals surface area contributed by atoms with Crippen molar-refractivity contribution in [2.24, 2.45) is 5.92 Å². The van der Waals surface area contributed by atoms with Gasteiger partial charge in [-0.25, -0.2) is 0 Å². The van der Waals surface area contributed by atoms with Gasteiger partial charge >= 0.3 is 0 Å². The van der Waals surface area contributed by atoms with E-state index in [1.807, 2.05) is 0 Å². The molecule has 0 aliphatic carbocycles. The van der Waals surface area contributed by atoms with Crippen molar-refractivity contribution in [2.45, 2.75) is 57.1 Å². The molecule has 0 aromatic heterocycles. The van der Waals surface area contributed by atoms with Crippen LogP contribution in [0.15, 0.2) is 0 Å². The molecule has 0 rings (SSSR count). The number of hydrogen-bond acceptors (Lipinski definition) is 2. The second-order valence-electron chi connectivity index (χ2n) is 6.73. The zero-order valence-electron chi connectivity index (χ0n) is 11.4. The molecule has 0 aromatic rings. The highest BCUT2D eigenvalue weighted by atomic mass is 32.1. The normalized spacial score (nSPS) is 14.5. The SMILES string of the molecule is CC(C)C(=S)C(S)([Si](C)(C)C)[Si](C)(C)C. The summed E-state index contributed by atoms with van der Waals surface area (Å²) in [6.45, 7) is 18.8. The van der Waals surface area contributed by atoms with Crippen LogP contribution in [0.1, 0.15) is 13.8 Å². The van der Waals surface area contributed by atoms with Gasteiger partial charge in [0.1, 0.15) is 0 Å². The highest BCUT2D eigenvalue weighted by Gasteiger charge is 2.53. The first-order valence-corrected chi connectivity index (χ1v) is 13.5. The summed E-state index contributed by atoms with van der Waals surface area (Å²) in [7, 11) is -2.77. The lowest BCUT2D eigenvalue weighted by Crippen LogP contribution is -2.67. The van der Waals surface area contributed by atoms with Crippen LogP contribution in [0.2, 0.25) is 39.3 Å². The predicted molar refractivity (Wildman–Crippen MR) is 85.8 cm³/mol. The number of thiocarbonyl (C=S) groups is 1. The lowest BCUT2D eigenvalue weighted by Gasteiger charge is -2.50. The Bertz CT molecular complexity index is 232. The van der Waals surface area contributed by atoms with Crippen molar-refractivity contribution >= 4 is 45.9 Å². The Labute approximate surface area is 109 Å². The zero-order chi connectivity index (χ0) is 12.7. The summed E-state index contributed by atoms with van der Waals surface area (Å²) < 4.78 is 0.0590. The second-order valence-corrected chi connectivity index (χ2v) is 19.7. The van der Waals surface area contributed by atoms with Crippen LogP contribution in [-0.2, 0) is 0 Å². The fraction of sp³-hybridized carbons (Fsp3) is 0.909. The van der Waals surface area contributed by atoms with Crippen molar-refractivity contribution < 1.29 is 0 Å². The van der Waals surface area contributed by atoms with Gasteiger partial charge in [-0.2, -0.15) is 12.6 Å². The van der Waals surface area contributed by atoms with Crippen LogP contribution in [0.25, 0.3) is 0 Å². The molecule has 4 heteroatoms. The van der Waals surface area contributed by atoms with E-state index in [1.54, 1.807) is 0 Å². The molecule has 0 unspecified atom stereocenters. The Morgan fingerprint density at radius 3 is 1.33 bits per heavy atom. The van der Waals surface area contributed by atoms with Crippen molar-refractivity contribution in [3.8, 4) is 0 Å². The summed E-state index contributed by atoms with van der Waals surface area (Å²) in [5.74, 6) is 0.468. The maximum absolute atomic E-state index is 5.70. The van der Waals surface area contributed by atoms with Gasteiger partial charge in [-0.15, -0.1) is 0 Å². The summed E-state index contributed by atoms with van der Waals surface area (Å²) in [5.41, 5.74) is 0. The van der Waals surface area contributed by atoms with Gasteiger partial charge in [-0.3, -0.25) is 0 Å². The minimum Gasteiger partial charge on any atom is -0.174 e. The largest absolute Gasteiger partial charge is 0.174 e. The van der Waals surface area contributed by atoms with E-state index < -0.39 is 16.1 Å². The van der Waals surface area contributed by atoms with E-state index in [9.17, 15) is 0 Å². The van der Waals surface area contributed by atoms with E-state index >= 15 is 0 Å². The summed E-state index contributed by atoms with van der Waals surface area (Å²) in [5, 5.41) is 0. The quantitative estimate of drug-likeness (QED) is 0.451. The fourth-order valence-electron chi connectivity index (χ4n) is 2.28. The van der Waals surface area contributed by atoms with Crippen LogP contribution in [-0.4, -0.2) is 25.0 Å². The lowest BCUT2D eigenvalue weighted by molar-refractivity contribution is 0.881. The first kappa shape index (κ1) is 15.9. The van der Waals surface area contributed by atoms with Crippen molar-refractivity contribution in [3.63, 3.8) is 0 Å². The standard InChI is InChI=1S/C11H26S2Si2/c1-9(2)10(12)11(13,14(3,4)5)15(6,7)8/h9,13H,1-8H3. The van der Waals surface area contributed by atoms with Crippen molar-refractivity contribution in [1.29, 1.82) is 0 Å². The molecular weight excluding hydrogens is 252 g/mol. The van der Waals surface area contributed by atoms with Gasteiger partial charge in [0.15, 0.2) is 0 Å². The average molecular weight is 279 g/mol. The first-order valence-electron chi connectivity index (χ1n) is 5.62. The minimum absolute atomic E-state index is 0.0590. The van der Waals surface area contributed by atoms with Crippen LogP contribution in [0.4, 0.5) is 0 Å². The lowest BCUT2D eigenvalue weighted by atomic mass is 10.1. The predicted octanol–water partition coefficient (Wildman–Crippen LogP) is 4.44. The highest BCUT2D eigenvalue weighted by Crippen LogP contribution is 2.40. The van der Waals surface area contributed by atoms with Gasteiger partial charge in [0.2, 0.25) is 0 Å². The Morgan fingerprint density at radius 1 is 1.00 bits per heavy atom. The van der Waals surface area contributed by atoms with Crippen LogP contribution in [0.5, 0.6) is 0 Å². The highest BCUT2D eigenvalue weighted by molar-refractivity contribution is 7.92. The van der Waals surface area contributed by atoms with Crippen molar-refractivity contribution in [2.75, 3.05) is 0 Å². The van der Waals surface area contributed by atoms with E-state index in [0.29, 0.717) is 5.92 Å². The Balaban J connectivity index is 5.54. The Morgan fingerprint density at radius 2 is 1.27 bits per heavy atom.